The number of benzene rings is 2. The summed E-state index contributed by atoms with van der Waals surface area (Å²) >= 11 is 0. The Morgan fingerprint density at radius 3 is 2.21 bits per heavy atom. The van der Waals surface area contributed by atoms with Crippen molar-refractivity contribution in [2.24, 2.45) is 11.8 Å². The van der Waals surface area contributed by atoms with Crippen LogP contribution in [-0.2, 0) is 15.1 Å². The molecule has 1 saturated carbocycles. The highest BCUT2D eigenvalue weighted by molar-refractivity contribution is 5.87. The molecule has 1 aliphatic heterocycles. The summed E-state index contributed by atoms with van der Waals surface area (Å²) in [4.78, 5) is 19.5. The number of hydrogen-bond acceptors (Lipinski definition) is 4. The van der Waals surface area contributed by atoms with Crippen LogP contribution in [0.2, 0.25) is 0 Å². The molecule has 28 heavy (non-hydrogen) atoms. The lowest BCUT2D eigenvalue weighted by molar-refractivity contribution is -0.239. The van der Waals surface area contributed by atoms with Crippen molar-refractivity contribution in [2.45, 2.75) is 31.2 Å². The van der Waals surface area contributed by atoms with Gasteiger partial charge in [-0.05, 0) is 36.3 Å². The molecule has 1 saturated heterocycles. The molecule has 0 aromatic heterocycles. The molecule has 0 radical (unpaired) electrons. The molecule has 2 aromatic carbocycles. The average molecular weight is 375 g/mol. The molecule has 4 rings (SSSR count). The maximum Gasteiger partial charge on any atom is 0.357 e. The number of carbonyl (C=O) groups is 1. The minimum atomic E-state index is -1.16. The molecule has 1 unspecified atom stereocenters. The number of rotatable bonds is 5. The molecular weight excluding hydrogens is 350 g/mol. The first-order valence-corrected chi connectivity index (χ1v) is 9.83. The van der Waals surface area contributed by atoms with Gasteiger partial charge in [0.05, 0.1) is 6.54 Å². The lowest BCUT2D eigenvalue weighted by atomic mass is 9.72. The van der Waals surface area contributed by atoms with Crippen LogP contribution < -0.4 is 0 Å². The van der Waals surface area contributed by atoms with E-state index in [1.165, 1.54) is 6.42 Å². The van der Waals surface area contributed by atoms with Crippen molar-refractivity contribution in [2.75, 3.05) is 13.1 Å². The van der Waals surface area contributed by atoms with Gasteiger partial charge in [-0.2, -0.15) is 5.26 Å². The Morgan fingerprint density at radius 1 is 1.11 bits per heavy atom. The number of carbonyl (C=O) groups excluding carboxylic acids is 1. The van der Waals surface area contributed by atoms with Crippen molar-refractivity contribution in [1.29, 1.82) is 0 Å². The smallest absolute Gasteiger partial charge is 0.300 e. The van der Waals surface area contributed by atoms with Gasteiger partial charge in [-0.25, -0.2) is 4.79 Å². The fraction of sp³-hybridized carbons (Fsp3) is 0.375. The monoisotopic (exact) mass is 375 g/mol. The fourth-order valence-corrected chi connectivity index (χ4v) is 4.57. The predicted molar refractivity (Wildman–Crippen MR) is 107 cm³/mol. The minimum Gasteiger partial charge on any atom is -0.300 e. The van der Waals surface area contributed by atoms with E-state index in [0.717, 1.165) is 29.5 Å². The number of nitrogens with zero attached hydrogens (tertiary/aromatic N) is 1. The third-order valence-electron chi connectivity index (χ3n) is 6.37. The number of likely N-dealkylation sites (tertiary alicyclic amines) is 1. The summed E-state index contributed by atoms with van der Waals surface area (Å²) < 4.78 is 0. The van der Waals surface area contributed by atoms with Gasteiger partial charge in [-0.3, -0.25) is 9.79 Å². The van der Waals surface area contributed by atoms with Crippen molar-refractivity contribution >= 4 is 5.97 Å². The van der Waals surface area contributed by atoms with Crippen molar-refractivity contribution in [3.63, 3.8) is 0 Å². The molecular formula is C24H25NO3. The first-order chi connectivity index (χ1) is 13.7. The van der Waals surface area contributed by atoms with Gasteiger partial charge >= 0.3 is 5.97 Å². The van der Waals surface area contributed by atoms with Crippen molar-refractivity contribution < 1.29 is 14.9 Å². The fourth-order valence-electron chi connectivity index (χ4n) is 4.57. The van der Waals surface area contributed by atoms with Gasteiger partial charge in [-0.15, -0.1) is 5.92 Å². The summed E-state index contributed by atoms with van der Waals surface area (Å²) in [5.41, 5.74) is 0.346. The van der Waals surface area contributed by atoms with E-state index in [9.17, 15) is 10.1 Å². The number of hydrogen-bond donors (Lipinski definition) is 1. The normalized spacial score (nSPS) is 23.4. The minimum absolute atomic E-state index is 0.246. The van der Waals surface area contributed by atoms with Crippen molar-refractivity contribution in [3.8, 4) is 11.8 Å². The highest BCUT2D eigenvalue weighted by Crippen LogP contribution is 2.49. The number of fused-ring (bicyclic) bond motifs is 1. The zero-order valence-electron chi connectivity index (χ0n) is 16.0. The van der Waals surface area contributed by atoms with Gasteiger partial charge in [0.1, 0.15) is 5.41 Å². The maximum atomic E-state index is 12.8. The first-order valence-electron chi connectivity index (χ1n) is 9.83. The van der Waals surface area contributed by atoms with E-state index in [2.05, 4.69) is 28.6 Å². The molecule has 0 spiro atoms. The Hall–Kier alpha value is -2.61. The standard InChI is InChI=1S/C24H25NO3/c1-18-22-16-19(22)17-25(18)15-9-8-14-24(23(26)28-27,20-10-4-2-5-11-20)21-12-6-3-7-13-21/h2-7,10-13,18-19,22,27H,14-17H2,1H3/t18?,19-,22+/m0/s1. The molecule has 1 aliphatic carbocycles. The lowest BCUT2D eigenvalue weighted by Gasteiger charge is -2.29. The van der Waals surface area contributed by atoms with Gasteiger partial charge in [0, 0.05) is 19.0 Å². The molecule has 0 bridgehead atoms. The van der Waals surface area contributed by atoms with E-state index in [4.69, 9.17) is 0 Å². The average Bonchev–Trinajstić information content (AvgIpc) is 3.46. The quantitative estimate of drug-likeness (QED) is 0.492. The maximum absolute atomic E-state index is 12.8. The van der Waals surface area contributed by atoms with Gasteiger partial charge in [0.25, 0.3) is 0 Å². The lowest BCUT2D eigenvalue weighted by Crippen LogP contribution is -2.38. The highest BCUT2D eigenvalue weighted by atomic mass is 17.1. The van der Waals surface area contributed by atoms with E-state index in [0.29, 0.717) is 12.6 Å². The second-order valence-corrected chi connectivity index (χ2v) is 7.88. The third-order valence-corrected chi connectivity index (χ3v) is 6.37. The molecule has 1 N–H and O–H groups in total. The molecule has 144 valence electrons. The van der Waals surface area contributed by atoms with Crippen LogP contribution in [0.3, 0.4) is 0 Å². The summed E-state index contributed by atoms with van der Waals surface area (Å²) in [6.45, 7) is 4.12. The van der Waals surface area contributed by atoms with Gasteiger partial charge in [0.2, 0.25) is 0 Å². The summed E-state index contributed by atoms with van der Waals surface area (Å²) in [5, 5.41) is 9.28. The molecule has 0 amide bonds. The molecule has 2 aromatic rings. The summed E-state index contributed by atoms with van der Waals surface area (Å²) in [6.07, 6.45) is 1.61. The third kappa shape index (κ3) is 3.32. The summed E-state index contributed by atoms with van der Waals surface area (Å²) in [5.74, 6) is 7.46. The molecule has 4 nitrogen and oxygen atoms in total. The first kappa shape index (κ1) is 18.7. The molecule has 1 heterocycles. The summed E-state index contributed by atoms with van der Waals surface area (Å²) in [6, 6.07) is 19.4. The van der Waals surface area contributed by atoms with E-state index in [1.54, 1.807) is 0 Å². The van der Waals surface area contributed by atoms with Crippen LogP contribution in [0.15, 0.2) is 60.7 Å². The van der Waals surface area contributed by atoms with Crippen LogP contribution in [0.1, 0.15) is 30.9 Å². The molecule has 3 atom stereocenters. The van der Waals surface area contributed by atoms with Crippen LogP contribution >= 0.6 is 0 Å². The van der Waals surface area contributed by atoms with Crippen LogP contribution in [0.25, 0.3) is 0 Å². The van der Waals surface area contributed by atoms with Gasteiger partial charge in [-0.1, -0.05) is 66.6 Å². The van der Waals surface area contributed by atoms with Crippen LogP contribution in [0.5, 0.6) is 0 Å². The molecule has 2 aliphatic rings. The van der Waals surface area contributed by atoms with E-state index in [1.807, 2.05) is 60.7 Å². The van der Waals surface area contributed by atoms with Crippen LogP contribution in [-0.4, -0.2) is 35.3 Å². The van der Waals surface area contributed by atoms with Gasteiger partial charge < -0.3 is 0 Å². The SMILES string of the molecule is CC1[C@H]2C[C@H]2CN1CC#CCC(C(=O)OO)(c1ccccc1)c1ccccc1. The largest absolute Gasteiger partial charge is 0.357 e. The Balaban J connectivity index is 1.63. The second kappa shape index (κ2) is 7.79. The summed E-state index contributed by atoms with van der Waals surface area (Å²) in [7, 11) is 0. The Kier molecular flexibility index (Phi) is 5.21. The molecule has 2 fully saturated rings. The zero-order chi connectivity index (χ0) is 19.6. The van der Waals surface area contributed by atoms with Crippen LogP contribution in [0, 0.1) is 23.7 Å². The Bertz CT molecular complexity index is 845. The topological polar surface area (TPSA) is 49.8 Å². The van der Waals surface area contributed by atoms with E-state index >= 15 is 0 Å². The Labute approximate surface area is 166 Å². The number of piperidine rings is 1. The highest BCUT2D eigenvalue weighted by Gasteiger charge is 2.49. The predicted octanol–water partition coefficient (Wildman–Crippen LogP) is 3.72. The van der Waals surface area contributed by atoms with E-state index in [-0.39, 0.29) is 6.42 Å². The molecule has 4 heteroatoms. The van der Waals surface area contributed by atoms with Crippen LogP contribution in [0.4, 0.5) is 0 Å². The van der Waals surface area contributed by atoms with Crippen molar-refractivity contribution in [3.05, 3.63) is 71.8 Å². The van der Waals surface area contributed by atoms with Gasteiger partial charge in [0.15, 0.2) is 0 Å². The van der Waals surface area contributed by atoms with E-state index < -0.39 is 11.4 Å². The van der Waals surface area contributed by atoms with Crippen molar-refractivity contribution in [1.82, 2.24) is 4.90 Å². The zero-order valence-corrected chi connectivity index (χ0v) is 16.0. The Morgan fingerprint density at radius 2 is 1.71 bits per heavy atom. The second-order valence-electron chi connectivity index (χ2n) is 7.88.